The molecule has 4 rings (SSSR count). The molecule has 9 heteroatoms. The van der Waals surface area contributed by atoms with Crippen LogP contribution in [0.25, 0.3) is 10.9 Å². The largest absolute Gasteiger partial charge is 0.388 e. The Labute approximate surface area is 136 Å². The number of nitro groups is 1. The zero-order chi connectivity index (χ0) is 16.8. The van der Waals surface area contributed by atoms with Gasteiger partial charge in [-0.2, -0.15) is 5.10 Å². The molecule has 2 N–H and O–H groups in total. The Kier molecular flexibility index (Phi) is 3.47. The standard InChI is InChI=1S/C15H16N4O5/c20-13-7-24-6-12(13)18(8-1-2-8)15(21)14-10-5-9(19(22)23)3-4-11(10)16-17-14/h3-5,8,12-13,20H,1-2,6-7H2,(H,16,17)/t12-,13-/m1/s1. The van der Waals surface area contributed by atoms with Gasteiger partial charge in [-0.3, -0.25) is 20.0 Å². The second kappa shape index (κ2) is 5.53. The molecule has 0 unspecified atom stereocenters. The molecule has 2 atom stereocenters. The molecule has 0 spiro atoms. The van der Waals surface area contributed by atoms with E-state index in [1.165, 1.54) is 18.2 Å². The van der Waals surface area contributed by atoms with E-state index in [0.29, 0.717) is 10.9 Å². The Morgan fingerprint density at radius 3 is 2.83 bits per heavy atom. The van der Waals surface area contributed by atoms with Crippen molar-refractivity contribution in [2.75, 3.05) is 13.2 Å². The van der Waals surface area contributed by atoms with Crippen LogP contribution in [0.15, 0.2) is 18.2 Å². The average Bonchev–Trinajstić information content (AvgIpc) is 3.16. The van der Waals surface area contributed by atoms with Gasteiger partial charge < -0.3 is 14.7 Å². The SMILES string of the molecule is O=C(c1n[nH]c2ccc([N+](=O)[O-])cc12)N(C1CC1)[C@@H]1COC[C@H]1O. The Bertz CT molecular complexity index is 815. The maximum atomic E-state index is 13.0. The van der Waals surface area contributed by atoms with Gasteiger partial charge in [-0.05, 0) is 18.9 Å². The van der Waals surface area contributed by atoms with Gasteiger partial charge in [0.25, 0.3) is 11.6 Å². The first-order valence-corrected chi connectivity index (χ1v) is 7.77. The third kappa shape index (κ3) is 2.42. The van der Waals surface area contributed by atoms with Crippen LogP contribution in [0, 0.1) is 10.1 Å². The summed E-state index contributed by atoms with van der Waals surface area (Å²) >= 11 is 0. The fraction of sp³-hybridized carbons (Fsp3) is 0.467. The maximum absolute atomic E-state index is 13.0. The molecule has 2 fully saturated rings. The van der Waals surface area contributed by atoms with E-state index in [2.05, 4.69) is 10.2 Å². The first-order chi connectivity index (χ1) is 11.6. The maximum Gasteiger partial charge on any atom is 0.275 e. The smallest absolute Gasteiger partial charge is 0.275 e. The number of carbonyl (C=O) groups is 1. The second-order valence-electron chi connectivity index (χ2n) is 6.17. The van der Waals surface area contributed by atoms with E-state index in [1.807, 2.05) is 0 Å². The Hall–Kier alpha value is -2.52. The number of aliphatic hydroxyl groups is 1. The predicted octanol–water partition coefficient (Wildman–Crippen LogP) is 0.835. The number of nitro benzene ring substituents is 1. The molecule has 126 valence electrons. The number of nitrogens with one attached hydrogen (secondary N) is 1. The number of amides is 1. The lowest BCUT2D eigenvalue weighted by Crippen LogP contribution is -2.48. The zero-order valence-electron chi connectivity index (χ0n) is 12.7. The second-order valence-corrected chi connectivity index (χ2v) is 6.17. The van der Waals surface area contributed by atoms with Crippen molar-refractivity contribution in [3.8, 4) is 0 Å². The number of non-ortho nitro benzene ring substituents is 1. The van der Waals surface area contributed by atoms with Gasteiger partial charge in [0.05, 0.1) is 35.8 Å². The van der Waals surface area contributed by atoms with Gasteiger partial charge in [0.2, 0.25) is 0 Å². The number of nitrogens with zero attached hydrogens (tertiary/aromatic N) is 3. The van der Waals surface area contributed by atoms with Crippen molar-refractivity contribution >= 4 is 22.5 Å². The number of carbonyl (C=O) groups excluding carboxylic acids is 1. The average molecular weight is 332 g/mol. The van der Waals surface area contributed by atoms with Crippen LogP contribution < -0.4 is 0 Å². The molecule has 1 aliphatic carbocycles. The van der Waals surface area contributed by atoms with Crippen LogP contribution >= 0.6 is 0 Å². The quantitative estimate of drug-likeness (QED) is 0.632. The summed E-state index contributed by atoms with van der Waals surface area (Å²) in [5.41, 5.74) is 0.600. The minimum absolute atomic E-state index is 0.0595. The van der Waals surface area contributed by atoms with Gasteiger partial charge in [0.1, 0.15) is 0 Å². The van der Waals surface area contributed by atoms with E-state index in [-0.39, 0.29) is 36.5 Å². The highest BCUT2D eigenvalue weighted by atomic mass is 16.6. The van der Waals surface area contributed by atoms with Crippen LogP contribution in [0.1, 0.15) is 23.3 Å². The summed E-state index contributed by atoms with van der Waals surface area (Å²) < 4.78 is 5.27. The fourth-order valence-corrected chi connectivity index (χ4v) is 3.14. The number of H-pyrrole nitrogens is 1. The number of fused-ring (bicyclic) bond motifs is 1. The molecule has 0 bridgehead atoms. The molecule has 2 aromatic rings. The molecule has 1 saturated heterocycles. The van der Waals surface area contributed by atoms with E-state index >= 15 is 0 Å². The number of aromatic nitrogens is 2. The highest BCUT2D eigenvalue weighted by Crippen LogP contribution is 2.33. The van der Waals surface area contributed by atoms with Crippen molar-refractivity contribution in [3.05, 3.63) is 34.0 Å². The molecular formula is C15H16N4O5. The Morgan fingerprint density at radius 2 is 2.21 bits per heavy atom. The molecule has 1 aromatic heterocycles. The minimum atomic E-state index is -0.728. The molecule has 2 heterocycles. The van der Waals surface area contributed by atoms with E-state index < -0.39 is 17.1 Å². The zero-order valence-corrected chi connectivity index (χ0v) is 12.7. The molecule has 9 nitrogen and oxygen atoms in total. The van der Waals surface area contributed by atoms with E-state index in [0.717, 1.165) is 12.8 Å². The summed E-state index contributed by atoms with van der Waals surface area (Å²) in [5, 5.41) is 28.3. The number of hydrogen-bond acceptors (Lipinski definition) is 6. The van der Waals surface area contributed by atoms with Crippen molar-refractivity contribution in [2.24, 2.45) is 0 Å². The van der Waals surface area contributed by atoms with Gasteiger partial charge in [0.15, 0.2) is 5.69 Å². The van der Waals surface area contributed by atoms with Crippen molar-refractivity contribution in [3.63, 3.8) is 0 Å². The van der Waals surface area contributed by atoms with Crippen molar-refractivity contribution < 1.29 is 19.6 Å². The van der Waals surface area contributed by atoms with Gasteiger partial charge in [-0.1, -0.05) is 0 Å². The van der Waals surface area contributed by atoms with Crippen molar-refractivity contribution in [2.45, 2.75) is 31.0 Å². The summed E-state index contributed by atoms with van der Waals surface area (Å²) in [6, 6.07) is 3.90. The highest BCUT2D eigenvalue weighted by molar-refractivity contribution is 6.05. The van der Waals surface area contributed by atoms with Crippen molar-refractivity contribution in [1.29, 1.82) is 0 Å². The lowest BCUT2D eigenvalue weighted by molar-refractivity contribution is -0.384. The highest BCUT2D eigenvalue weighted by Gasteiger charge is 2.43. The molecule has 1 saturated carbocycles. The van der Waals surface area contributed by atoms with Crippen LogP contribution in [0.4, 0.5) is 5.69 Å². The summed E-state index contributed by atoms with van der Waals surface area (Å²) in [5.74, 6) is -0.334. The molecule has 1 aliphatic heterocycles. The number of ether oxygens (including phenoxy) is 1. The summed E-state index contributed by atoms with van der Waals surface area (Å²) in [7, 11) is 0. The number of aromatic amines is 1. The molecule has 0 radical (unpaired) electrons. The first kappa shape index (κ1) is 15.0. The Morgan fingerprint density at radius 1 is 1.42 bits per heavy atom. The summed E-state index contributed by atoms with van der Waals surface area (Å²) in [6.07, 6.45) is 1.02. The third-order valence-corrected chi connectivity index (χ3v) is 4.51. The van der Waals surface area contributed by atoms with E-state index in [9.17, 15) is 20.0 Å². The van der Waals surface area contributed by atoms with Gasteiger partial charge in [0, 0.05) is 23.6 Å². The number of aliphatic hydroxyl groups excluding tert-OH is 1. The third-order valence-electron chi connectivity index (χ3n) is 4.51. The van der Waals surface area contributed by atoms with Crippen molar-refractivity contribution in [1.82, 2.24) is 15.1 Å². The van der Waals surface area contributed by atoms with Crippen LogP contribution in [-0.4, -0.2) is 62.4 Å². The molecule has 1 aromatic carbocycles. The van der Waals surface area contributed by atoms with Crippen LogP contribution in [0.3, 0.4) is 0 Å². The summed E-state index contributed by atoms with van der Waals surface area (Å²) in [6.45, 7) is 0.486. The van der Waals surface area contributed by atoms with Gasteiger partial charge >= 0.3 is 0 Å². The molecule has 24 heavy (non-hydrogen) atoms. The number of benzene rings is 1. The number of hydrogen-bond donors (Lipinski definition) is 2. The lowest BCUT2D eigenvalue weighted by atomic mass is 10.1. The minimum Gasteiger partial charge on any atom is -0.388 e. The molecule has 1 amide bonds. The summed E-state index contributed by atoms with van der Waals surface area (Å²) in [4.78, 5) is 25.1. The van der Waals surface area contributed by atoms with E-state index in [1.54, 1.807) is 4.90 Å². The van der Waals surface area contributed by atoms with E-state index in [4.69, 9.17) is 4.74 Å². The molecule has 2 aliphatic rings. The molecular weight excluding hydrogens is 316 g/mol. The van der Waals surface area contributed by atoms with Crippen LogP contribution in [0.2, 0.25) is 0 Å². The first-order valence-electron chi connectivity index (χ1n) is 7.77. The topological polar surface area (TPSA) is 122 Å². The Balaban J connectivity index is 1.73. The van der Waals surface area contributed by atoms with Crippen LogP contribution in [-0.2, 0) is 4.74 Å². The predicted molar refractivity (Wildman–Crippen MR) is 82.6 cm³/mol. The lowest BCUT2D eigenvalue weighted by Gasteiger charge is -2.29. The van der Waals surface area contributed by atoms with Crippen LogP contribution in [0.5, 0.6) is 0 Å². The normalized spacial score (nSPS) is 23.5. The number of rotatable bonds is 4. The van der Waals surface area contributed by atoms with Gasteiger partial charge in [-0.25, -0.2) is 0 Å². The van der Waals surface area contributed by atoms with Gasteiger partial charge in [-0.15, -0.1) is 0 Å². The fourth-order valence-electron chi connectivity index (χ4n) is 3.14. The monoisotopic (exact) mass is 332 g/mol.